The number of carbonyl (C=O) groups excluding carboxylic acids is 1. The molecule has 0 aliphatic rings. The molecule has 0 radical (unpaired) electrons. The minimum atomic E-state index is 0.202. The van der Waals surface area contributed by atoms with Crippen LogP contribution in [0.4, 0.5) is 0 Å². The van der Waals surface area contributed by atoms with Gasteiger partial charge in [0.15, 0.2) is 0 Å². The molecule has 0 amide bonds. The summed E-state index contributed by atoms with van der Waals surface area (Å²) in [6, 6.07) is 16.6. The Bertz CT molecular complexity index is 523. The maximum absolute atomic E-state index is 11.0. The lowest BCUT2D eigenvalue weighted by atomic mass is 9.99. The summed E-state index contributed by atoms with van der Waals surface area (Å²) in [5, 5.41) is 0. The quantitative estimate of drug-likeness (QED) is 0.775. The van der Waals surface area contributed by atoms with Gasteiger partial charge in [0.25, 0.3) is 0 Å². The summed E-state index contributed by atoms with van der Waals surface area (Å²) >= 11 is 0. The van der Waals surface area contributed by atoms with Gasteiger partial charge in [0.1, 0.15) is 5.78 Å². The van der Waals surface area contributed by atoms with Crippen molar-refractivity contribution in [2.75, 3.05) is 0 Å². The van der Waals surface area contributed by atoms with Crippen LogP contribution in [-0.2, 0) is 11.2 Å². The van der Waals surface area contributed by atoms with Crippen LogP contribution in [0.15, 0.2) is 48.5 Å². The molecule has 0 heterocycles. The molecule has 0 aromatic heterocycles. The van der Waals surface area contributed by atoms with Gasteiger partial charge in [-0.2, -0.15) is 0 Å². The normalized spacial score (nSPS) is 10.2. The first-order valence-electron chi connectivity index (χ1n) is 5.81. The summed E-state index contributed by atoms with van der Waals surface area (Å²) in [6.45, 7) is 3.73. The van der Waals surface area contributed by atoms with E-state index in [0.717, 1.165) is 5.56 Å². The van der Waals surface area contributed by atoms with Gasteiger partial charge in [-0.3, -0.25) is 4.79 Å². The molecule has 1 nitrogen and oxygen atoms in total. The number of rotatable bonds is 3. The molecule has 0 atom stereocenters. The van der Waals surface area contributed by atoms with Crippen LogP contribution in [0.2, 0.25) is 0 Å². The molecule has 0 saturated carbocycles. The topological polar surface area (TPSA) is 17.1 Å². The van der Waals surface area contributed by atoms with Crippen LogP contribution >= 0.6 is 0 Å². The first kappa shape index (κ1) is 11.6. The number of ketones is 1. The third-order valence-electron chi connectivity index (χ3n) is 2.86. The fourth-order valence-electron chi connectivity index (χ4n) is 1.99. The highest BCUT2D eigenvalue weighted by Crippen LogP contribution is 2.23. The van der Waals surface area contributed by atoms with Gasteiger partial charge in [0, 0.05) is 6.42 Å². The van der Waals surface area contributed by atoms with Crippen molar-refractivity contribution in [3.8, 4) is 11.1 Å². The molecule has 0 saturated heterocycles. The summed E-state index contributed by atoms with van der Waals surface area (Å²) in [7, 11) is 0. The average molecular weight is 224 g/mol. The van der Waals surface area contributed by atoms with Gasteiger partial charge in [0.05, 0.1) is 0 Å². The van der Waals surface area contributed by atoms with E-state index >= 15 is 0 Å². The van der Waals surface area contributed by atoms with Crippen molar-refractivity contribution in [2.24, 2.45) is 0 Å². The van der Waals surface area contributed by atoms with E-state index < -0.39 is 0 Å². The molecule has 0 unspecified atom stereocenters. The van der Waals surface area contributed by atoms with E-state index in [4.69, 9.17) is 0 Å². The molecule has 2 aromatic rings. The summed E-state index contributed by atoms with van der Waals surface area (Å²) in [4.78, 5) is 11.0. The Morgan fingerprint density at radius 1 is 1.00 bits per heavy atom. The molecule has 1 heteroatoms. The molecular formula is C16H16O. The van der Waals surface area contributed by atoms with Crippen molar-refractivity contribution in [1.29, 1.82) is 0 Å². The van der Waals surface area contributed by atoms with Crippen LogP contribution < -0.4 is 0 Å². The van der Waals surface area contributed by atoms with Crippen LogP contribution in [0, 0.1) is 6.92 Å². The maximum atomic E-state index is 11.0. The molecule has 0 spiro atoms. The molecule has 0 bridgehead atoms. The Kier molecular flexibility index (Phi) is 3.38. The van der Waals surface area contributed by atoms with Gasteiger partial charge in [-0.1, -0.05) is 48.5 Å². The number of carbonyl (C=O) groups is 1. The Hall–Kier alpha value is -1.89. The maximum Gasteiger partial charge on any atom is 0.134 e. The fourth-order valence-corrected chi connectivity index (χ4v) is 1.99. The van der Waals surface area contributed by atoms with E-state index in [1.807, 2.05) is 24.3 Å². The molecule has 0 aliphatic heterocycles. The Balaban J connectivity index is 2.30. The molecule has 2 rings (SSSR count). The second-order valence-electron chi connectivity index (χ2n) is 4.39. The van der Waals surface area contributed by atoms with Gasteiger partial charge in [-0.25, -0.2) is 0 Å². The van der Waals surface area contributed by atoms with Crippen LogP contribution in [0.25, 0.3) is 11.1 Å². The number of hydrogen-bond donors (Lipinski definition) is 0. The number of benzene rings is 2. The summed E-state index contributed by atoms with van der Waals surface area (Å²) in [5.41, 5.74) is 4.80. The predicted octanol–water partition coefficient (Wildman–Crippen LogP) is 3.79. The molecule has 0 N–H and O–H groups in total. The van der Waals surface area contributed by atoms with Crippen LogP contribution in [0.3, 0.4) is 0 Å². The van der Waals surface area contributed by atoms with Crippen LogP contribution in [0.5, 0.6) is 0 Å². The highest BCUT2D eigenvalue weighted by Gasteiger charge is 2.02. The zero-order chi connectivity index (χ0) is 12.3. The third kappa shape index (κ3) is 2.82. The van der Waals surface area contributed by atoms with E-state index in [2.05, 4.69) is 31.2 Å². The van der Waals surface area contributed by atoms with E-state index in [1.165, 1.54) is 16.7 Å². The second kappa shape index (κ2) is 4.96. The molecule has 17 heavy (non-hydrogen) atoms. The van der Waals surface area contributed by atoms with E-state index in [-0.39, 0.29) is 5.78 Å². The average Bonchev–Trinajstić information content (AvgIpc) is 2.30. The van der Waals surface area contributed by atoms with Crippen molar-refractivity contribution in [2.45, 2.75) is 20.3 Å². The van der Waals surface area contributed by atoms with E-state index in [1.54, 1.807) is 6.92 Å². The number of hydrogen-bond acceptors (Lipinski definition) is 1. The summed E-state index contributed by atoms with van der Waals surface area (Å²) in [5.74, 6) is 0.202. The Labute approximate surface area is 102 Å². The van der Waals surface area contributed by atoms with Crippen LogP contribution in [0.1, 0.15) is 18.1 Å². The lowest BCUT2D eigenvalue weighted by molar-refractivity contribution is -0.116. The number of Topliss-reactive ketones (excluding diaryl/α,β-unsaturated/α-hetero) is 1. The first-order valence-corrected chi connectivity index (χ1v) is 5.81. The van der Waals surface area contributed by atoms with Crippen molar-refractivity contribution in [3.05, 3.63) is 59.7 Å². The molecular weight excluding hydrogens is 208 g/mol. The van der Waals surface area contributed by atoms with E-state index in [9.17, 15) is 4.79 Å². The minimum absolute atomic E-state index is 0.202. The number of aryl methyl sites for hydroxylation is 1. The zero-order valence-electron chi connectivity index (χ0n) is 10.2. The summed E-state index contributed by atoms with van der Waals surface area (Å²) < 4.78 is 0. The van der Waals surface area contributed by atoms with Crippen molar-refractivity contribution < 1.29 is 4.79 Å². The van der Waals surface area contributed by atoms with Gasteiger partial charge >= 0.3 is 0 Å². The molecule has 2 aromatic carbocycles. The second-order valence-corrected chi connectivity index (χ2v) is 4.39. The zero-order valence-corrected chi connectivity index (χ0v) is 10.2. The van der Waals surface area contributed by atoms with Gasteiger partial charge < -0.3 is 0 Å². The predicted molar refractivity (Wildman–Crippen MR) is 71.0 cm³/mol. The van der Waals surface area contributed by atoms with Gasteiger partial charge in [-0.15, -0.1) is 0 Å². The first-order chi connectivity index (χ1) is 8.16. The van der Waals surface area contributed by atoms with Crippen LogP contribution in [-0.4, -0.2) is 5.78 Å². The lowest BCUT2D eigenvalue weighted by Crippen LogP contribution is -1.95. The molecule has 0 fully saturated rings. The largest absolute Gasteiger partial charge is 0.300 e. The Morgan fingerprint density at radius 2 is 1.65 bits per heavy atom. The summed E-state index contributed by atoms with van der Waals surface area (Å²) in [6.07, 6.45) is 0.522. The van der Waals surface area contributed by atoms with Gasteiger partial charge in [0.2, 0.25) is 0 Å². The monoisotopic (exact) mass is 224 g/mol. The highest BCUT2D eigenvalue weighted by molar-refractivity contribution is 5.78. The van der Waals surface area contributed by atoms with Gasteiger partial charge in [-0.05, 0) is 36.1 Å². The lowest BCUT2D eigenvalue weighted by Gasteiger charge is -2.06. The van der Waals surface area contributed by atoms with E-state index in [0.29, 0.717) is 6.42 Å². The van der Waals surface area contributed by atoms with Crippen molar-refractivity contribution in [1.82, 2.24) is 0 Å². The third-order valence-corrected chi connectivity index (χ3v) is 2.86. The smallest absolute Gasteiger partial charge is 0.134 e. The highest BCUT2D eigenvalue weighted by atomic mass is 16.1. The molecule has 0 aliphatic carbocycles. The minimum Gasteiger partial charge on any atom is -0.300 e. The van der Waals surface area contributed by atoms with Crippen molar-refractivity contribution in [3.63, 3.8) is 0 Å². The van der Waals surface area contributed by atoms with Crippen molar-refractivity contribution >= 4 is 5.78 Å². The molecule has 86 valence electrons. The Morgan fingerprint density at radius 3 is 2.24 bits per heavy atom. The standard InChI is InChI=1S/C16H16O/c1-12-5-3-4-6-16(12)15-9-7-14(8-10-15)11-13(2)17/h3-10H,11H2,1-2H3. The fraction of sp³-hybridized carbons (Fsp3) is 0.188. The SMILES string of the molecule is CC(=O)Cc1ccc(-c2ccccc2C)cc1.